The molecule has 4 rings (SSSR count). The Morgan fingerprint density at radius 3 is 2.86 bits per heavy atom. The lowest BCUT2D eigenvalue weighted by Gasteiger charge is -2.53. The Balaban J connectivity index is 1.76. The molecule has 3 aliphatic carbocycles. The number of ether oxygens (including phenoxy) is 1. The van der Waals surface area contributed by atoms with Crippen molar-refractivity contribution < 1.29 is 14.9 Å². The fourth-order valence-electron chi connectivity index (χ4n) is 6.29. The van der Waals surface area contributed by atoms with Crippen molar-refractivity contribution in [1.82, 2.24) is 0 Å². The summed E-state index contributed by atoms with van der Waals surface area (Å²) in [5, 5.41) is 20.8. The molecule has 0 aromatic heterocycles. The fourth-order valence-corrected chi connectivity index (χ4v) is 6.29. The molecule has 1 aromatic rings. The summed E-state index contributed by atoms with van der Waals surface area (Å²) >= 11 is 0. The molecule has 0 spiro atoms. The lowest BCUT2D eigenvalue weighted by Crippen LogP contribution is -2.50. The third-order valence-corrected chi connectivity index (χ3v) is 7.51. The Labute approximate surface area is 168 Å². The summed E-state index contributed by atoms with van der Waals surface area (Å²) in [6.07, 6.45) is 12.3. The highest BCUT2D eigenvalue weighted by Gasteiger charge is 2.58. The van der Waals surface area contributed by atoms with Gasteiger partial charge in [-0.2, -0.15) is 0 Å². The molecule has 2 saturated carbocycles. The number of phenolic OH excluding ortho intramolecular Hbond substituents is 1. The van der Waals surface area contributed by atoms with Gasteiger partial charge in [0.05, 0.1) is 6.10 Å². The minimum Gasteiger partial charge on any atom is -0.508 e. The summed E-state index contributed by atoms with van der Waals surface area (Å²) < 4.78 is 6.58. The average Bonchev–Trinajstić information content (AvgIpc) is 2.96. The molecule has 3 heteroatoms. The van der Waals surface area contributed by atoms with E-state index in [4.69, 9.17) is 4.74 Å². The molecule has 0 radical (unpaired) electrons. The van der Waals surface area contributed by atoms with Gasteiger partial charge in [-0.15, -0.1) is 0 Å². The van der Waals surface area contributed by atoms with E-state index in [1.807, 2.05) is 37.3 Å². The summed E-state index contributed by atoms with van der Waals surface area (Å²) in [4.78, 5) is 0. The second-order valence-electron chi connectivity index (χ2n) is 8.98. The summed E-state index contributed by atoms with van der Waals surface area (Å²) in [7, 11) is 0. The molecule has 0 aliphatic heterocycles. The Kier molecular flexibility index (Phi) is 5.13. The quantitative estimate of drug-likeness (QED) is 0.554. The molecule has 0 unspecified atom stereocenters. The zero-order valence-electron chi connectivity index (χ0n) is 17.0. The smallest absolute Gasteiger partial charge is 0.119 e. The predicted molar refractivity (Wildman–Crippen MR) is 112 cm³/mol. The molecule has 150 valence electrons. The zero-order chi connectivity index (χ0) is 19.9. The lowest BCUT2D eigenvalue weighted by atomic mass is 9.54. The third-order valence-electron chi connectivity index (χ3n) is 7.51. The van der Waals surface area contributed by atoms with E-state index >= 15 is 0 Å². The fraction of sp³-hybridized carbons (Fsp3) is 0.520. The van der Waals surface area contributed by atoms with Gasteiger partial charge in [0.25, 0.3) is 0 Å². The first-order valence-electron chi connectivity index (χ1n) is 10.6. The molecule has 2 N–H and O–H groups in total. The Bertz CT molecular complexity index is 808. The molecule has 0 amide bonds. The number of hydrogen-bond acceptors (Lipinski definition) is 3. The maximum absolute atomic E-state index is 10.8. The van der Waals surface area contributed by atoms with Crippen LogP contribution >= 0.6 is 0 Å². The molecular weight excluding hydrogens is 348 g/mol. The number of hydrogen-bond donors (Lipinski definition) is 2. The van der Waals surface area contributed by atoms with Crippen molar-refractivity contribution in [2.75, 3.05) is 0 Å². The van der Waals surface area contributed by atoms with Crippen LogP contribution in [0.3, 0.4) is 0 Å². The van der Waals surface area contributed by atoms with Crippen LogP contribution in [0.1, 0.15) is 56.6 Å². The first-order valence-corrected chi connectivity index (χ1v) is 10.6. The highest BCUT2D eigenvalue weighted by Crippen LogP contribution is 2.61. The maximum Gasteiger partial charge on any atom is 0.119 e. The van der Waals surface area contributed by atoms with E-state index in [-0.39, 0.29) is 17.6 Å². The number of aromatic hydroxyl groups is 1. The third kappa shape index (κ3) is 3.10. The number of aliphatic hydroxyl groups is 1. The van der Waals surface area contributed by atoms with Crippen molar-refractivity contribution in [3.63, 3.8) is 0 Å². The van der Waals surface area contributed by atoms with Gasteiger partial charge >= 0.3 is 0 Å². The van der Waals surface area contributed by atoms with Crippen LogP contribution in [0, 0.1) is 17.3 Å². The van der Waals surface area contributed by atoms with Crippen molar-refractivity contribution >= 4 is 0 Å². The van der Waals surface area contributed by atoms with Crippen molar-refractivity contribution in [2.45, 2.75) is 64.1 Å². The number of benzene rings is 1. The van der Waals surface area contributed by atoms with E-state index < -0.39 is 0 Å². The van der Waals surface area contributed by atoms with Crippen LogP contribution in [-0.4, -0.2) is 22.4 Å². The Hall–Kier alpha value is -2.00. The largest absolute Gasteiger partial charge is 0.508 e. The van der Waals surface area contributed by atoms with E-state index in [1.54, 1.807) is 6.08 Å². The van der Waals surface area contributed by atoms with Crippen LogP contribution < -0.4 is 0 Å². The number of fused-ring (bicyclic) bond motifs is 5. The molecule has 3 aliphatic rings. The zero-order valence-corrected chi connectivity index (χ0v) is 17.0. The second kappa shape index (κ2) is 7.44. The summed E-state index contributed by atoms with van der Waals surface area (Å²) in [6.45, 7) is 8.08. The monoisotopic (exact) mass is 380 g/mol. The van der Waals surface area contributed by atoms with Crippen molar-refractivity contribution in [1.29, 1.82) is 0 Å². The number of phenols is 1. The molecule has 6 atom stereocenters. The molecule has 3 nitrogen and oxygen atoms in total. The molecular formula is C25H32O3. The molecule has 0 saturated heterocycles. The van der Waals surface area contributed by atoms with Crippen LogP contribution in [0.25, 0.3) is 0 Å². The van der Waals surface area contributed by atoms with Crippen LogP contribution in [0.2, 0.25) is 0 Å². The molecule has 0 bridgehead atoms. The van der Waals surface area contributed by atoms with Gasteiger partial charge in [0.2, 0.25) is 0 Å². The number of rotatable bonds is 4. The maximum atomic E-state index is 10.8. The summed E-state index contributed by atoms with van der Waals surface area (Å²) in [5.41, 5.74) is 2.48. The predicted octanol–water partition coefficient (Wildman–Crippen LogP) is 5.25. The van der Waals surface area contributed by atoms with E-state index in [0.29, 0.717) is 23.5 Å². The van der Waals surface area contributed by atoms with Crippen molar-refractivity contribution in [3.8, 4) is 5.75 Å². The topological polar surface area (TPSA) is 49.7 Å². The van der Waals surface area contributed by atoms with Gasteiger partial charge in [-0.1, -0.05) is 31.7 Å². The van der Waals surface area contributed by atoms with Gasteiger partial charge in [-0.05, 0) is 86.3 Å². The minimum absolute atomic E-state index is 0.00462. The van der Waals surface area contributed by atoms with Gasteiger partial charge in [-0.25, -0.2) is 0 Å². The molecule has 28 heavy (non-hydrogen) atoms. The van der Waals surface area contributed by atoms with E-state index in [1.165, 1.54) is 11.1 Å². The minimum atomic E-state index is -0.251. The highest BCUT2D eigenvalue weighted by molar-refractivity contribution is 5.41. The highest BCUT2D eigenvalue weighted by atomic mass is 16.5. The van der Waals surface area contributed by atoms with E-state index in [0.717, 1.165) is 37.9 Å². The van der Waals surface area contributed by atoms with Gasteiger partial charge in [-0.3, -0.25) is 0 Å². The summed E-state index contributed by atoms with van der Waals surface area (Å²) in [5.74, 6) is 2.50. The van der Waals surface area contributed by atoms with Crippen LogP contribution in [0.4, 0.5) is 0 Å². The number of aryl methyl sites for hydroxylation is 1. The van der Waals surface area contributed by atoms with E-state index in [9.17, 15) is 10.2 Å². The van der Waals surface area contributed by atoms with Gasteiger partial charge in [0.1, 0.15) is 17.6 Å². The second-order valence-corrected chi connectivity index (χ2v) is 8.98. The van der Waals surface area contributed by atoms with Crippen molar-refractivity contribution in [2.24, 2.45) is 17.3 Å². The van der Waals surface area contributed by atoms with Gasteiger partial charge in [0.15, 0.2) is 0 Å². The van der Waals surface area contributed by atoms with Crippen LogP contribution in [0.15, 0.2) is 54.8 Å². The van der Waals surface area contributed by atoms with Crippen molar-refractivity contribution in [3.05, 3.63) is 66.0 Å². The first-order chi connectivity index (χ1) is 13.5. The first kappa shape index (κ1) is 19.3. The Morgan fingerprint density at radius 2 is 2.11 bits per heavy atom. The molecule has 1 aromatic carbocycles. The van der Waals surface area contributed by atoms with Crippen LogP contribution in [-0.2, 0) is 11.2 Å². The van der Waals surface area contributed by atoms with E-state index in [2.05, 4.69) is 19.6 Å². The molecule has 0 heterocycles. The number of aliphatic hydroxyl groups excluding tert-OH is 1. The van der Waals surface area contributed by atoms with Gasteiger partial charge in [0, 0.05) is 11.3 Å². The average molecular weight is 381 g/mol. The standard InChI is InChI=1S/C25H32O3/c1-4-6-18(7-5-2)28-22-15-25(3)21(12-13-23(25)27)20-10-8-16-14-17(26)9-11-19(16)24(20)22/h4-7,9,11,14,20-24,26-27H,1,8,10,12-13,15H2,2-3H3/b7-5-,18-6+/t20-,21-,22-,23-,24+,25-/m0/s1. The normalized spacial score (nSPS) is 37.2. The SMILES string of the molecule is C=C/C=C(\C=C/C)O[C@H]1C[C@]2(C)[C@@H](O)CC[C@H]2[C@@H]2CCc3cc(O)ccc3[C@H]21. The molecule has 2 fully saturated rings. The van der Waals surface area contributed by atoms with Crippen LogP contribution in [0.5, 0.6) is 5.75 Å². The lowest BCUT2D eigenvalue weighted by molar-refractivity contribution is -0.0874. The Morgan fingerprint density at radius 1 is 1.29 bits per heavy atom. The van der Waals surface area contributed by atoms with Gasteiger partial charge < -0.3 is 14.9 Å². The summed E-state index contributed by atoms with van der Waals surface area (Å²) in [6, 6.07) is 5.83. The number of allylic oxidation sites excluding steroid dienone is 4.